The van der Waals surface area contributed by atoms with E-state index in [-0.39, 0.29) is 58.0 Å². The molecule has 324 valence electrons. The van der Waals surface area contributed by atoms with Crippen molar-refractivity contribution in [2.75, 3.05) is 30.4 Å². The van der Waals surface area contributed by atoms with E-state index in [4.69, 9.17) is 56.9 Å². The molecule has 1 fully saturated rings. The van der Waals surface area contributed by atoms with Gasteiger partial charge in [0.05, 0.1) is 30.5 Å². The number of carbonyl (C=O) groups excluding carboxylic acids is 5. The van der Waals surface area contributed by atoms with Crippen LogP contribution in [-0.4, -0.2) is 65.9 Å². The molecular weight excluding hydrogens is 878 g/mol. The van der Waals surface area contributed by atoms with Crippen molar-refractivity contribution in [2.24, 2.45) is 5.73 Å². The second kappa shape index (κ2) is 20.7. The number of halogens is 6. The molecule has 18 heteroatoms. The Bertz CT molecular complexity index is 2380. The largest absolute Gasteiger partial charge is 0.465 e. The van der Waals surface area contributed by atoms with Crippen LogP contribution in [0.2, 0.25) is 20.2 Å². The highest BCUT2D eigenvalue weighted by Crippen LogP contribution is 2.59. The molecule has 3 aliphatic heterocycles. The highest BCUT2D eigenvalue weighted by molar-refractivity contribution is 6.37. The molecule has 1 saturated heterocycles. The maximum absolute atomic E-state index is 15.3. The van der Waals surface area contributed by atoms with Crippen LogP contribution in [0.15, 0.2) is 66.9 Å². The molecule has 4 heterocycles. The van der Waals surface area contributed by atoms with E-state index >= 15 is 4.39 Å². The number of ether oxygens (including phenoxy) is 2. The fourth-order valence-electron chi connectivity index (χ4n) is 7.29. The summed E-state index contributed by atoms with van der Waals surface area (Å²) in [6.07, 6.45) is 2.82. The summed E-state index contributed by atoms with van der Waals surface area (Å²) in [5.74, 6) is -3.59. The van der Waals surface area contributed by atoms with E-state index in [1.807, 2.05) is 13.8 Å². The van der Waals surface area contributed by atoms with Gasteiger partial charge in [-0.1, -0.05) is 70.7 Å². The van der Waals surface area contributed by atoms with Gasteiger partial charge in [0.1, 0.15) is 23.1 Å². The molecule has 12 nitrogen and oxygen atoms in total. The van der Waals surface area contributed by atoms with Crippen LogP contribution in [0, 0.1) is 11.6 Å². The monoisotopic (exact) mass is 919 g/mol. The van der Waals surface area contributed by atoms with Gasteiger partial charge in [0.15, 0.2) is 11.0 Å². The Labute approximate surface area is 371 Å². The van der Waals surface area contributed by atoms with Crippen LogP contribution in [0.3, 0.4) is 0 Å². The zero-order valence-corrected chi connectivity index (χ0v) is 36.9. The van der Waals surface area contributed by atoms with Crippen LogP contribution in [-0.2, 0) is 38.9 Å². The summed E-state index contributed by atoms with van der Waals surface area (Å²) < 4.78 is 38.8. The van der Waals surface area contributed by atoms with Gasteiger partial charge in [-0.05, 0) is 95.1 Å². The molecule has 4 aromatic rings. The Balaban J connectivity index is 0.000000226. The molecular formula is C43H43Cl4F2N5O7. The number of nitrogens with one attached hydrogen (secondary N) is 3. The van der Waals surface area contributed by atoms with Crippen LogP contribution in [0.5, 0.6) is 0 Å². The minimum Gasteiger partial charge on any atom is -0.465 e. The predicted molar refractivity (Wildman–Crippen MR) is 233 cm³/mol. The van der Waals surface area contributed by atoms with Gasteiger partial charge in [-0.25, -0.2) is 13.8 Å². The first-order valence-electron chi connectivity index (χ1n) is 18.7. The van der Waals surface area contributed by atoms with Gasteiger partial charge in [0.2, 0.25) is 5.91 Å². The van der Waals surface area contributed by atoms with Crippen LogP contribution < -0.4 is 21.7 Å². The summed E-state index contributed by atoms with van der Waals surface area (Å²) in [6.45, 7) is 10.7. The van der Waals surface area contributed by atoms with Crippen molar-refractivity contribution in [1.82, 2.24) is 10.3 Å². The molecule has 3 aliphatic rings. The summed E-state index contributed by atoms with van der Waals surface area (Å²) >= 11 is 23.7. The van der Waals surface area contributed by atoms with Gasteiger partial charge >= 0.3 is 11.9 Å². The number of hydrogen-bond acceptors (Lipinski definition) is 10. The average molecular weight is 922 g/mol. The molecule has 0 saturated carbocycles. The van der Waals surface area contributed by atoms with Crippen molar-refractivity contribution in [3.05, 3.63) is 121 Å². The number of rotatable bonds is 6. The van der Waals surface area contributed by atoms with E-state index in [1.165, 1.54) is 38.3 Å². The molecule has 0 aliphatic carbocycles. The van der Waals surface area contributed by atoms with Crippen molar-refractivity contribution in [3.8, 4) is 0 Å². The average Bonchev–Trinajstić information content (AvgIpc) is 3.76. The van der Waals surface area contributed by atoms with Crippen molar-refractivity contribution < 1.29 is 42.2 Å². The summed E-state index contributed by atoms with van der Waals surface area (Å²) in [4.78, 5) is 61.6. The smallest absolute Gasteiger partial charge is 0.323 e. The SMILES string of the molecule is CC(C)=O.CCOC(=O)CN.CCOC(=O)[C@@H]1NC(C)(C)[C@@]2(C(=O)Nc3cc(Cl)ccc32)[C@H]1c1cccc(Cl)c1F.O=C1Nc2cc(Cl)ccc2C1=Cc1ccnc(Cl)c1F. The van der Waals surface area contributed by atoms with Gasteiger partial charge in [0, 0.05) is 50.1 Å². The maximum atomic E-state index is 15.3. The van der Waals surface area contributed by atoms with Crippen molar-refractivity contribution in [1.29, 1.82) is 0 Å². The van der Waals surface area contributed by atoms with Crippen LogP contribution in [0.1, 0.15) is 69.7 Å². The zero-order chi connectivity index (χ0) is 45.4. The quantitative estimate of drug-likeness (QED) is 0.0832. The fraction of sp³-hybridized carbons (Fsp3) is 0.302. The van der Waals surface area contributed by atoms with Gasteiger partial charge in [-0.3, -0.25) is 24.5 Å². The predicted octanol–water partition coefficient (Wildman–Crippen LogP) is 8.54. The summed E-state index contributed by atoms with van der Waals surface area (Å²) in [5, 5.41) is 9.48. The standard InChI is InChI=1S/C22H21Cl2FN2O3.C14H7Cl2FN2O.C4H9NO2.C3H6O/c1-4-30-19(28)18-16(12-6-5-7-14(24)17(12)25)22(21(2,3)27-18)13-9-8-11(23)10-15(13)26-20(22)29;15-8-1-2-9-10(14(20)19-11(9)6-8)5-7-3-4-18-13(16)12(7)17;1-2-7-4(6)3-5;1-3(2)4/h5-10,16,18,27H,4H2,1-3H3,(H,26,29);1-6H,(H,19,20);2-3,5H2,1H3;1-2H3/t16-,18+,22+;;;/m0.../s1. The highest BCUT2D eigenvalue weighted by atomic mass is 35.5. The van der Waals surface area contributed by atoms with Crippen LogP contribution in [0.25, 0.3) is 11.6 Å². The number of nitrogens with zero attached hydrogens (tertiary/aromatic N) is 1. The number of nitrogens with two attached hydrogens (primary N) is 1. The topological polar surface area (TPSA) is 179 Å². The van der Waals surface area contributed by atoms with Crippen molar-refractivity contribution in [2.45, 2.75) is 64.5 Å². The minimum atomic E-state index is -1.30. The Kier molecular flexibility index (Phi) is 16.6. The molecule has 5 N–H and O–H groups in total. The second-order valence-electron chi connectivity index (χ2n) is 14.2. The zero-order valence-electron chi connectivity index (χ0n) is 33.9. The molecule has 1 aromatic heterocycles. The minimum absolute atomic E-state index is 0.0200. The molecule has 0 unspecified atom stereocenters. The number of esters is 2. The van der Waals surface area contributed by atoms with Crippen molar-refractivity contribution >= 4 is 99.0 Å². The first-order valence-corrected chi connectivity index (χ1v) is 20.2. The lowest BCUT2D eigenvalue weighted by atomic mass is 9.60. The lowest BCUT2D eigenvalue weighted by Crippen LogP contribution is -2.55. The van der Waals surface area contributed by atoms with E-state index in [0.29, 0.717) is 44.7 Å². The number of aromatic nitrogens is 1. The third-order valence-electron chi connectivity index (χ3n) is 9.58. The van der Waals surface area contributed by atoms with Gasteiger partial charge in [-0.2, -0.15) is 0 Å². The number of benzene rings is 3. The summed E-state index contributed by atoms with van der Waals surface area (Å²) in [5.41, 5.74) is 5.87. The molecule has 3 atom stereocenters. The highest BCUT2D eigenvalue weighted by Gasteiger charge is 2.69. The fourth-order valence-corrected chi connectivity index (χ4v) is 7.98. The number of anilines is 2. The molecule has 7 rings (SSSR count). The van der Waals surface area contributed by atoms with Crippen molar-refractivity contribution in [3.63, 3.8) is 0 Å². The third kappa shape index (κ3) is 10.6. The van der Waals surface area contributed by atoms with E-state index < -0.39 is 40.5 Å². The Morgan fingerprint density at radius 3 is 2.10 bits per heavy atom. The molecule has 0 bridgehead atoms. The number of carbonyl (C=O) groups is 5. The Morgan fingerprint density at radius 2 is 1.49 bits per heavy atom. The van der Waals surface area contributed by atoms with E-state index in [2.05, 4.69) is 25.7 Å². The van der Waals surface area contributed by atoms with Gasteiger partial charge in [-0.15, -0.1) is 0 Å². The van der Waals surface area contributed by atoms with Crippen LogP contribution in [0.4, 0.5) is 20.2 Å². The number of ketones is 1. The Hall–Kier alpha value is -4.96. The first-order chi connectivity index (χ1) is 28.7. The number of fused-ring (bicyclic) bond motifs is 3. The summed E-state index contributed by atoms with van der Waals surface area (Å²) in [6, 6.07) is 15.2. The maximum Gasteiger partial charge on any atom is 0.323 e. The lowest BCUT2D eigenvalue weighted by Gasteiger charge is -2.40. The van der Waals surface area contributed by atoms with E-state index in [9.17, 15) is 28.4 Å². The number of Topliss-reactive ketones (excluding diaryl/α,β-unsaturated/α-hetero) is 1. The molecule has 1 spiro atoms. The summed E-state index contributed by atoms with van der Waals surface area (Å²) in [7, 11) is 0. The van der Waals surface area contributed by atoms with Gasteiger partial charge < -0.3 is 30.6 Å². The number of pyridine rings is 1. The molecule has 0 radical (unpaired) electrons. The van der Waals surface area contributed by atoms with E-state index in [0.717, 1.165) is 0 Å². The Morgan fingerprint density at radius 1 is 0.869 bits per heavy atom. The first kappa shape index (κ1) is 48.7. The van der Waals surface area contributed by atoms with E-state index in [1.54, 1.807) is 62.4 Å². The lowest BCUT2D eigenvalue weighted by molar-refractivity contribution is -0.146. The molecule has 2 amide bonds. The number of hydrogen-bond donors (Lipinski definition) is 4. The molecule has 61 heavy (non-hydrogen) atoms. The molecule has 3 aromatic carbocycles. The van der Waals surface area contributed by atoms with Crippen LogP contribution >= 0.6 is 46.4 Å². The second-order valence-corrected chi connectivity index (χ2v) is 15.8. The third-order valence-corrected chi connectivity index (χ3v) is 10.6. The van der Waals surface area contributed by atoms with Gasteiger partial charge in [0.25, 0.3) is 5.91 Å². The normalized spacial score (nSPS) is 19.5. The number of amides is 2.